The summed E-state index contributed by atoms with van der Waals surface area (Å²) in [6.45, 7) is 7.41. The van der Waals surface area contributed by atoms with E-state index in [1.54, 1.807) is 21.2 Å². The molecule has 168 valence electrons. The molecule has 0 bridgehead atoms. The van der Waals surface area contributed by atoms with Gasteiger partial charge in [0.2, 0.25) is 0 Å². The van der Waals surface area contributed by atoms with Crippen LogP contribution in [-0.4, -0.2) is 88.9 Å². The molecular formula is C22H36N4O4. The molecular weight excluding hydrogens is 384 g/mol. The van der Waals surface area contributed by atoms with Crippen LogP contribution in [-0.2, 0) is 20.8 Å². The molecule has 1 aliphatic rings. The summed E-state index contributed by atoms with van der Waals surface area (Å²) in [6.07, 6.45) is 1.10. The zero-order valence-corrected chi connectivity index (χ0v) is 18.7. The Kier molecular flexibility index (Phi) is 10.4. The van der Waals surface area contributed by atoms with E-state index in [1.165, 1.54) is 4.90 Å². The van der Waals surface area contributed by atoms with Crippen LogP contribution in [0.3, 0.4) is 0 Å². The molecule has 0 aliphatic carbocycles. The quantitative estimate of drug-likeness (QED) is 0.333. The molecule has 1 aromatic carbocycles. The minimum absolute atomic E-state index is 0.0317. The molecule has 1 saturated heterocycles. The Morgan fingerprint density at radius 1 is 1.33 bits per heavy atom. The maximum absolute atomic E-state index is 11.7. The third kappa shape index (κ3) is 8.20. The van der Waals surface area contributed by atoms with Gasteiger partial charge >= 0.3 is 0 Å². The van der Waals surface area contributed by atoms with E-state index in [9.17, 15) is 4.79 Å². The lowest BCUT2D eigenvalue weighted by Gasteiger charge is -2.21. The Morgan fingerprint density at radius 2 is 2.17 bits per heavy atom. The van der Waals surface area contributed by atoms with E-state index in [0.717, 1.165) is 44.2 Å². The first-order chi connectivity index (χ1) is 14.5. The fourth-order valence-corrected chi connectivity index (χ4v) is 3.15. The molecule has 0 radical (unpaired) electrons. The molecule has 8 nitrogen and oxygen atoms in total. The van der Waals surface area contributed by atoms with Crippen molar-refractivity contribution < 1.29 is 19.0 Å². The smallest absolute Gasteiger partial charge is 0.259 e. The van der Waals surface area contributed by atoms with Gasteiger partial charge in [-0.2, -0.15) is 0 Å². The number of carbonyl (C=O) groups is 1. The molecule has 8 heteroatoms. The highest BCUT2D eigenvalue weighted by molar-refractivity contribution is 5.80. The standard InChI is InChI=1S/C22H36N4O4/c1-5-23-22(26-10-9-19(15-26)16-29-12-11-28-4)24-14-18-7-6-8-20(13-18)30-17-21(27)25(2)3/h6-8,13,19H,5,9-12,14-17H2,1-4H3,(H,23,24). The van der Waals surface area contributed by atoms with Gasteiger partial charge in [0.25, 0.3) is 5.91 Å². The number of aliphatic imine (C=N–C) groups is 1. The Balaban J connectivity index is 1.90. The first kappa shape index (κ1) is 24.0. The maximum atomic E-state index is 11.7. The van der Waals surface area contributed by atoms with Gasteiger partial charge in [0.1, 0.15) is 5.75 Å². The average molecular weight is 421 g/mol. The van der Waals surface area contributed by atoms with Gasteiger partial charge in [-0.05, 0) is 31.0 Å². The number of hydrogen-bond acceptors (Lipinski definition) is 5. The van der Waals surface area contributed by atoms with Crippen molar-refractivity contribution in [3.8, 4) is 5.75 Å². The highest BCUT2D eigenvalue weighted by Crippen LogP contribution is 2.18. The van der Waals surface area contributed by atoms with Crippen LogP contribution in [0.5, 0.6) is 5.75 Å². The van der Waals surface area contributed by atoms with Gasteiger partial charge in [-0.3, -0.25) is 4.79 Å². The van der Waals surface area contributed by atoms with Crippen LogP contribution in [0, 0.1) is 5.92 Å². The van der Waals surface area contributed by atoms with Crippen molar-refractivity contribution in [1.29, 1.82) is 0 Å². The van der Waals surface area contributed by atoms with Crippen LogP contribution in [0.15, 0.2) is 29.3 Å². The van der Waals surface area contributed by atoms with E-state index in [2.05, 4.69) is 17.1 Å². The van der Waals surface area contributed by atoms with Gasteiger partial charge in [-0.1, -0.05) is 12.1 Å². The van der Waals surface area contributed by atoms with Crippen molar-refractivity contribution in [2.45, 2.75) is 19.9 Å². The zero-order chi connectivity index (χ0) is 21.8. The number of nitrogens with zero attached hydrogens (tertiary/aromatic N) is 3. The molecule has 0 aromatic heterocycles. The minimum Gasteiger partial charge on any atom is -0.484 e. The van der Waals surface area contributed by atoms with E-state index in [4.69, 9.17) is 19.2 Å². The lowest BCUT2D eigenvalue weighted by Crippen LogP contribution is -2.40. The molecule has 1 amide bonds. The van der Waals surface area contributed by atoms with Gasteiger partial charge < -0.3 is 29.3 Å². The second kappa shape index (κ2) is 13.1. The summed E-state index contributed by atoms with van der Waals surface area (Å²) in [5, 5.41) is 3.39. The number of likely N-dealkylation sites (N-methyl/N-ethyl adjacent to an activating group) is 1. The average Bonchev–Trinajstić information content (AvgIpc) is 3.21. The molecule has 1 unspecified atom stereocenters. The van der Waals surface area contributed by atoms with Crippen LogP contribution in [0.25, 0.3) is 0 Å². The van der Waals surface area contributed by atoms with Gasteiger partial charge in [0.05, 0.1) is 26.4 Å². The Morgan fingerprint density at radius 3 is 2.90 bits per heavy atom. The van der Waals surface area contributed by atoms with Crippen LogP contribution in [0.4, 0.5) is 0 Å². The van der Waals surface area contributed by atoms with Crippen LogP contribution in [0.2, 0.25) is 0 Å². The summed E-state index contributed by atoms with van der Waals surface area (Å²) in [4.78, 5) is 20.3. The second-order valence-corrected chi connectivity index (χ2v) is 7.56. The van der Waals surface area contributed by atoms with Crippen molar-refractivity contribution in [2.75, 3.05) is 67.3 Å². The highest BCUT2D eigenvalue weighted by Gasteiger charge is 2.24. The number of hydrogen-bond donors (Lipinski definition) is 1. The molecule has 1 fully saturated rings. The first-order valence-corrected chi connectivity index (χ1v) is 10.5. The predicted octanol–water partition coefficient (Wildman–Crippen LogP) is 1.60. The number of carbonyl (C=O) groups excluding carboxylic acids is 1. The Hall–Kier alpha value is -2.32. The molecule has 2 rings (SSSR count). The first-order valence-electron chi connectivity index (χ1n) is 10.5. The number of likely N-dealkylation sites (tertiary alicyclic amines) is 1. The number of rotatable bonds is 11. The van der Waals surface area contributed by atoms with Crippen LogP contribution < -0.4 is 10.1 Å². The van der Waals surface area contributed by atoms with E-state index < -0.39 is 0 Å². The molecule has 30 heavy (non-hydrogen) atoms. The number of amides is 1. The molecule has 1 N–H and O–H groups in total. The molecule has 1 aromatic rings. The van der Waals surface area contributed by atoms with E-state index >= 15 is 0 Å². The summed E-state index contributed by atoms with van der Waals surface area (Å²) >= 11 is 0. The molecule has 1 aliphatic heterocycles. The molecule has 0 spiro atoms. The summed E-state index contributed by atoms with van der Waals surface area (Å²) in [7, 11) is 5.12. The van der Waals surface area contributed by atoms with E-state index in [0.29, 0.717) is 31.4 Å². The largest absolute Gasteiger partial charge is 0.484 e. The SMILES string of the molecule is CCNC(=NCc1cccc(OCC(=O)N(C)C)c1)N1CCC(COCCOC)C1. The summed E-state index contributed by atoms with van der Waals surface area (Å²) in [6, 6.07) is 7.74. The molecule has 0 saturated carbocycles. The summed E-state index contributed by atoms with van der Waals surface area (Å²) < 4.78 is 16.3. The van der Waals surface area contributed by atoms with Crippen LogP contribution >= 0.6 is 0 Å². The van der Waals surface area contributed by atoms with Gasteiger partial charge in [0.15, 0.2) is 12.6 Å². The summed E-state index contributed by atoms with van der Waals surface area (Å²) in [5.41, 5.74) is 1.04. The summed E-state index contributed by atoms with van der Waals surface area (Å²) in [5.74, 6) is 2.04. The lowest BCUT2D eigenvalue weighted by molar-refractivity contribution is -0.130. The second-order valence-electron chi connectivity index (χ2n) is 7.56. The number of benzene rings is 1. The van der Waals surface area contributed by atoms with E-state index in [1.807, 2.05) is 24.3 Å². The van der Waals surface area contributed by atoms with Gasteiger partial charge in [0, 0.05) is 46.8 Å². The van der Waals surface area contributed by atoms with Crippen LogP contribution in [0.1, 0.15) is 18.9 Å². The normalized spacial score (nSPS) is 16.6. The highest BCUT2D eigenvalue weighted by atomic mass is 16.5. The van der Waals surface area contributed by atoms with Crippen molar-refractivity contribution >= 4 is 11.9 Å². The minimum atomic E-state index is -0.0670. The topological polar surface area (TPSA) is 75.6 Å². The lowest BCUT2D eigenvalue weighted by atomic mass is 10.1. The number of nitrogens with one attached hydrogen (secondary N) is 1. The van der Waals surface area contributed by atoms with Crippen molar-refractivity contribution in [1.82, 2.24) is 15.1 Å². The number of ether oxygens (including phenoxy) is 3. The zero-order valence-electron chi connectivity index (χ0n) is 18.7. The number of methoxy groups -OCH3 is 1. The third-order valence-corrected chi connectivity index (χ3v) is 4.88. The number of guanidine groups is 1. The van der Waals surface area contributed by atoms with Crippen molar-refractivity contribution in [3.05, 3.63) is 29.8 Å². The fraction of sp³-hybridized carbons (Fsp3) is 0.636. The van der Waals surface area contributed by atoms with Crippen molar-refractivity contribution in [3.63, 3.8) is 0 Å². The Labute approximate surface area is 180 Å². The third-order valence-electron chi connectivity index (χ3n) is 4.88. The maximum Gasteiger partial charge on any atom is 0.259 e. The van der Waals surface area contributed by atoms with Gasteiger partial charge in [-0.25, -0.2) is 4.99 Å². The Bertz CT molecular complexity index is 681. The predicted molar refractivity (Wildman–Crippen MR) is 118 cm³/mol. The van der Waals surface area contributed by atoms with E-state index in [-0.39, 0.29) is 12.5 Å². The molecule has 1 atom stereocenters. The van der Waals surface area contributed by atoms with Gasteiger partial charge in [-0.15, -0.1) is 0 Å². The molecule has 1 heterocycles. The van der Waals surface area contributed by atoms with Crippen molar-refractivity contribution in [2.24, 2.45) is 10.9 Å². The fourth-order valence-electron chi connectivity index (χ4n) is 3.15. The monoisotopic (exact) mass is 420 g/mol.